The van der Waals surface area contributed by atoms with E-state index in [1.807, 2.05) is 0 Å². The number of nitrogens with one attached hydrogen (secondary N) is 1. The second-order valence-electron chi connectivity index (χ2n) is 4.31. The number of aliphatic hydroxyl groups is 2. The average Bonchev–Trinajstić information content (AvgIpc) is 2.64. The molecule has 0 fully saturated rings. The summed E-state index contributed by atoms with van der Waals surface area (Å²) in [6.45, 7) is 0.345. The Hall–Kier alpha value is -2.30. The van der Waals surface area contributed by atoms with Crippen LogP contribution in [0, 0.1) is 0 Å². The van der Waals surface area contributed by atoms with Crippen LogP contribution in [0.4, 0.5) is 5.82 Å². The molecule has 22 heavy (non-hydrogen) atoms. The normalized spacial score (nSPS) is 23.0. The number of esters is 1. The quantitative estimate of drug-likeness (QED) is 0.317. The molecule has 3 unspecified atom stereocenters. The summed E-state index contributed by atoms with van der Waals surface area (Å²) in [6, 6.07) is 0. The largest absolute Gasteiger partial charge is 0.668 e. The minimum Gasteiger partial charge on any atom is -0.439 e. The van der Waals surface area contributed by atoms with E-state index >= 15 is 0 Å². The first kappa shape index (κ1) is 14.6. The van der Waals surface area contributed by atoms with Crippen LogP contribution < -0.4 is 24.7 Å². The molecule has 3 rings (SSSR count). The number of phosphoric acid groups is 1. The van der Waals surface area contributed by atoms with Gasteiger partial charge in [-0.3, -0.25) is 9.42 Å². The monoisotopic (exact) mass is 335 g/mol. The number of carbonyl (C=O) groups excluding carboxylic acids is 1. The number of rotatable bonds is 5. The number of aromatic nitrogens is 2. The van der Waals surface area contributed by atoms with Crippen molar-refractivity contribution in [2.24, 2.45) is 0 Å². The van der Waals surface area contributed by atoms with Gasteiger partial charge < -0.3 is 29.3 Å². The van der Waals surface area contributed by atoms with Gasteiger partial charge >= 0.3 is 19.5 Å². The summed E-state index contributed by atoms with van der Waals surface area (Å²) in [5.41, 5.74) is -0.956. The first-order valence-electron chi connectivity index (χ1n) is 5.92. The van der Waals surface area contributed by atoms with Crippen LogP contribution in [-0.4, -0.2) is 44.8 Å². The zero-order chi connectivity index (χ0) is 16.1. The molecule has 0 amide bonds. The molecule has 1 aromatic heterocycles. The third-order valence-electron chi connectivity index (χ3n) is 2.67. The molecule has 0 spiro atoms. The molecular weight excluding hydrogens is 325 g/mol. The predicted molar refractivity (Wildman–Crippen MR) is 66.2 cm³/mol. The van der Waals surface area contributed by atoms with Gasteiger partial charge in [-0.15, -0.1) is 0 Å². The molecule has 2 aliphatic rings. The summed E-state index contributed by atoms with van der Waals surface area (Å²) in [4.78, 5) is 26.2. The van der Waals surface area contributed by atoms with Crippen LogP contribution in [0.25, 0.3) is 0 Å². The van der Waals surface area contributed by atoms with Crippen molar-refractivity contribution in [3.05, 3.63) is 10.5 Å². The Morgan fingerprint density at radius 1 is 1.55 bits per heavy atom. The number of fused-ring (bicyclic) bond motifs is 2. The number of hydrogen-bond donors (Lipinski definition) is 3. The average molecular weight is 335 g/mol. The zero-order valence-corrected chi connectivity index (χ0v) is 11.9. The molecule has 3 N–H and O–H groups in total. The number of carbonyl (C=O) groups is 1. The van der Waals surface area contributed by atoms with Crippen LogP contribution >= 0.6 is 7.82 Å². The fourth-order valence-electron chi connectivity index (χ4n) is 1.80. The van der Waals surface area contributed by atoms with Crippen molar-refractivity contribution >= 4 is 19.6 Å². The molecule has 12 nitrogen and oxygen atoms in total. The highest BCUT2D eigenvalue weighted by atomic mass is 31.2. The van der Waals surface area contributed by atoms with Gasteiger partial charge in [0.15, 0.2) is 0 Å². The number of ether oxygens (including phenoxy) is 1. The maximum Gasteiger partial charge on any atom is 0.668 e. The Bertz CT molecular complexity index is 747. The molecule has 0 aliphatic carbocycles. The number of anilines is 1. The van der Waals surface area contributed by atoms with Crippen molar-refractivity contribution in [2.75, 3.05) is 11.9 Å². The van der Waals surface area contributed by atoms with Crippen LogP contribution in [0.5, 0.6) is 11.6 Å². The first-order chi connectivity index (χ1) is 10.3. The van der Waals surface area contributed by atoms with Gasteiger partial charge in [0, 0.05) is 6.92 Å². The molecule has 0 aromatic carbocycles. The third-order valence-corrected chi connectivity index (χ3v) is 3.84. The molecule has 0 saturated carbocycles. The molecule has 3 bridgehead atoms. The summed E-state index contributed by atoms with van der Waals surface area (Å²) in [5, 5.41) is 21.1. The van der Waals surface area contributed by atoms with Crippen molar-refractivity contribution in [3.8, 4) is 11.6 Å². The SMILES string of the molecule is CC(=O)OC(Nc1c2c3nc(=O)n1OP(=O)(O3)O2)C(O)CO. The fourth-order valence-corrected chi connectivity index (χ4v) is 2.98. The van der Waals surface area contributed by atoms with Crippen molar-refractivity contribution < 1.29 is 38.0 Å². The van der Waals surface area contributed by atoms with E-state index in [4.69, 9.17) is 23.5 Å². The van der Waals surface area contributed by atoms with Gasteiger partial charge in [0.05, 0.1) is 6.61 Å². The lowest BCUT2D eigenvalue weighted by molar-refractivity contribution is -0.151. The van der Waals surface area contributed by atoms with Gasteiger partial charge in [0.25, 0.3) is 5.88 Å². The van der Waals surface area contributed by atoms with Crippen LogP contribution in [0.1, 0.15) is 6.92 Å². The highest BCUT2D eigenvalue weighted by Crippen LogP contribution is 2.61. The molecule has 120 valence electrons. The minimum absolute atomic E-state index is 0.198. The fraction of sp³-hybridized carbons (Fsp3) is 0.444. The van der Waals surface area contributed by atoms with E-state index in [-0.39, 0.29) is 17.4 Å². The lowest BCUT2D eigenvalue weighted by atomic mass is 10.3. The highest BCUT2D eigenvalue weighted by Gasteiger charge is 2.51. The van der Waals surface area contributed by atoms with E-state index in [0.717, 1.165) is 6.92 Å². The van der Waals surface area contributed by atoms with Gasteiger partial charge in [-0.1, -0.05) is 4.73 Å². The van der Waals surface area contributed by atoms with Crippen molar-refractivity contribution in [2.45, 2.75) is 19.3 Å². The Labute approximate surface area is 121 Å². The highest BCUT2D eigenvalue weighted by molar-refractivity contribution is 7.50. The third kappa shape index (κ3) is 2.26. The standard InChI is InChI=1S/C9H10N3O9P/c1-3(14)18-7(4(15)2-13)10-6-5-8-11-9(16)12(6)21-22(17,19-5)20-8/h4,7,10,13,15H,2H2,1H3. The smallest absolute Gasteiger partial charge is 0.439 e. The van der Waals surface area contributed by atoms with Crippen molar-refractivity contribution in [1.29, 1.82) is 0 Å². The number of nitrogens with zero attached hydrogens (tertiary/aromatic N) is 2. The van der Waals surface area contributed by atoms with Gasteiger partial charge in [-0.2, -0.15) is 9.55 Å². The molecule has 3 atom stereocenters. The maximum absolute atomic E-state index is 11.9. The van der Waals surface area contributed by atoms with Gasteiger partial charge in [-0.05, 0) is 0 Å². The minimum atomic E-state index is -3.99. The molecule has 3 heterocycles. The Morgan fingerprint density at radius 3 is 2.91 bits per heavy atom. The van der Waals surface area contributed by atoms with E-state index in [2.05, 4.69) is 10.3 Å². The Morgan fingerprint density at radius 2 is 2.27 bits per heavy atom. The van der Waals surface area contributed by atoms with Crippen LogP contribution in [0.2, 0.25) is 0 Å². The summed E-state index contributed by atoms with van der Waals surface area (Å²) in [7, 11) is -3.99. The zero-order valence-electron chi connectivity index (χ0n) is 11.0. The molecule has 0 radical (unpaired) electrons. The van der Waals surface area contributed by atoms with E-state index in [0.29, 0.717) is 4.73 Å². The first-order valence-corrected chi connectivity index (χ1v) is 7.38. The summed E-state index contributed by atoms with van der Waals surface area (Å²) in [5.74, 6) is -1.54. The molecule has 0 saturated heterocycles. The topological polar surface area (TPSA) is 158 Å². The van der Waals surface area contributed by atoms with E-state index in [1.165, 1.54) is 0 Å². The number of aliphatic hydroxyl groups excluding tert-OH is 2. The summed E-state index contributed by atoms with van der Waals surface area (Å²) < 4.78 is 31.6. The van der Waals surface area contributed by atoms with Crippen LogP contribution in [0.3, 0.4) is 0 Å². The second kappa shape index (κ2) is 4.87. The number of hydrogen-bond acceptors (Lipinski definition) is 11. The molecule has 1 aromatic rings. The predicted octanol–water partition coefficient (Wildman–Crippen LogP) is -1.78. The van der Waals surface area contributed by atoms with E-state index in [1.54, 1.807) is 0 Å². The number of phosphoric ester groups is 1. The van der Waals surface area contributed by atoms with Gasteiger partial charge in [0.1, 0.15) is 6.10 Å². The van der Waals surface area contributed by atoms with Crippen LogP contribution in [0.15, 0.2) is 4.79 Å². The lowest BCUT2D eigenvalue weighted by Gasteiger charge is -2.26. The summed E-state index contributed by atoms with van der Waals surface area (Å²) in [6.07, 6.45) is -2.94. The van der Waals surface area contributed by atoms with Crippen molar-refractivity contribution in [3.63, 3.8) is 0 Å². The summed E-state index contributed by atoms with van der Waals surface area (Å²) >= 11 is 0. The van der Waals surface area contributed by atoms with Crippen molar-refractivity contribution in [1.82, 2.24) is 9.71 Å². The Kier molecular flexibility index (Phi) is 3.24. The van der Waals surface area contributed by atoms with E-state index in [9.17, 15) is 19.3 Å². The van der Waals surface area contributed by atoms with Crippen LogP contribution in [-0.2, 0) is 14.1 Å². The molecule has 13 heteroatoms. The molecule has 2 aliphatic heterocycles. The molecular formula is C9H10N3O9P. The van der Waals surface area contributed by atoms with E-state index < -0.39 is 38.4 Å². The maximum atomic E-state index is 11.9. The van der Waals surface area contributed by atoms with Gasteiger partial charge in [-0.25, -0.2) is 4.79 Å². The second-order valence-corrected chi connectivity index (χ2v) is 5.73. The van der Waals surface area contributed by atoms with Gasteiger partial charge in [0.2, 0.25) is 17.8 Å². The Balaban J connectivity index is 1.99. The lowest BCUT2D eigenvalue weighted by Crippen LogP contribution is -2.42.